The van der Waals surface area contributed by atoms with Crippen LogP contribution in [0.2, 0.25) is 0 Å². The fraction of sp³-hybridized carbons (Fsp3) is 0.381. The third kappa shape index (κ3) is 6.81. The van der Waals surface area contributed by atoms with Crippen LogP contribution >= 0.6 is 0 Å². The Balaban J connectivity index is 1.66. The lowest BCUT2D eigenvalue weighted by molar-refractivity contribution is 0.236. The van der Waals surface area contributed by atoms with Crippen LogP contribution in [0.25, 0.3) is 0 Å². The van der Waals surface area contributed by atoms with Crippen molar-refractivity contribution in [1.82, 2.24) is 10.6 Å². The average Bonchev–Trinajstić information content (AvgIpc) is 2.65. The number of nitrogens with one attached hydrogen (secondary N) is 2. The summed E-state index contributed by atoms with van der Waals surface area (Å²) >= 11 is 0. The summed E-state index contributed by atoms with van der Waals surface area (Å²) in [7, 11) is 1.62. The molecule has 0 aliphatic rings. The molecule has 2 amide bonds. The van der Waals surface area contributed by atoms with Crippen LogP contribution in [0.4, 0.5) is 9.18 Å². The maximum Gasteiger partial charge on any atom is 0.315 e. The fourth-order valence-corrected chi connectivity index (χ4v) is 2.67. The SMILES string of the molecule is COc1ccc(C)cc1C(C)NC(=O)NCCCCOc1ccc(F)cc1. The number of rotatable bonds is 9. The quantitative estimate of drug-likeness (QED) is 0.641. The van der Waals surface area contributed by atoms with Crippen molar-refractivity contribution in [2.24, 2.45) is 0 Å². The van der Waals surface area contributed by atoms with Gasteiger partial charge in [0.25, 0.3) is 0 Å². The molecule has 0 heterocycles. The minimum atomic E-state index is -0.282. The van der Waals surface area contributed by atoms with Crippen LogP contribution in [0.5, 0.6) is 11.5 Å². The van der Waals surface area contributed by atoms with Crippen molar-refractivity contribution < 1.29 is 18.7 Å². The maximum atomic E-state index is 12.8. The smallest absolute Gasteiger partial charge is 0.315 e. The van der Waals surface area contributed by atoms with E-state index in [1.54, 1.807) is 19.2 Å². The number of urea groups is 1. The van der Waals surface area contributed by atoms with E-state index in [-0.39, 0.29) is 17.9 Å². The van der Waals surface area contributed by atoms with E-state index in [0.29, 0.717) is 18.9 Å². The van der Waals surface area contributed by atoms with E-state index in [4.69, 9.17) is 9.47 Å². The second-order valence-corrected chi connectivity index (χ2v) is 6.38. The Morgan fingerprint density at radius 2 is 1.89 bits per heavy atom. The summed E-state index contributed by atoms with van der Waals surface area (Å²) in [5, 5.41) is 5.77. The summed E-state index contributed by atoms with van der Waals surface area (Å²) in [5.41, 5.74) is 2.06. The Morgan fingerprint density at radius 3 is 2.59 bits per heavy atom. The fourth-order valence-electron chi connectivity index (χ4n) is 2.67. The Hall–Kier alpha value is -2.76. The molecule has 0 aliphatic carbocycles. The summed E-state index contributed by atoms with van der Waals surface area (Å²) in [6.07, 6.45) is 1.58. The Bertz CT molecular complexity index is 735. The van der Waals surface area contributed by atoms with Gasteiger partial charge in [-0.3, -0.25) is 0 Å². The van der Waals surface area contributed by atoms with Crippen LogP contribution in [-0.2, 0) is 0 Å². The summed E-state index contributed by atoms with van der Waals surface area (Å²) in [6.45, 7) is 5.00. The molecule has 0 bridgehead atoms. The van der Waals surface area contributed by atoms with E-state index in [9.17, 15) is 9.18 Å². The molecule has 0 spiro atoms. The first-order valence-corrected chi connectivity index (χ1v) is 9.07. The van der Waals surface area contributed by atoms with Crippen LogP contribution in [0.3, 0.4) is 0 Å². The van der Waals surface area contributed by atoms with Crippen molar-refractivity contribution in [3.05, 3.63) is 59.4 Å². The van der Waals surface area contributed by atoms with Crippen LogP contribution in [0, 0.1) is 12.7 Å². The monoisotopic (exact) mass is 374 g/mol. The first-order valence-electron chi connectivity index (χ1n) is 9.07. The minimum Gasteiger partial charge on any atom is -0.496 e. The molecule has 2 aromatic rings. The van der Waals surface area contributed by atoms with Gasteiger partial charge in [0.1, 0.15) is 17.3 Å². The number of hydrogen-bond acceptors (Lipinski definition) is 3. The molecule has 2 aromatic carbocycles. The molecule has 2 rings (SSSR count). The van der Waals surface area contributed by atoms with Crippen molar-refractivity contribution in [2.45, 2.75) is 32.7 Å². The van der Waals surface area contributed by atoms with Crippen LogP contribution in [0.1, 0.15) is 36.9 Å². The summed E-state index contributed by atoms with van der Waals surface area (Å²) in [5.74, 6) is 1.12. The Morgan fingerprint density at radius 1 is 1.15 bits per heavy atom. The minimum absolute atomic E-state index is 0.165. The lowest BCUT2D eigenvalue weighted by Crippen LogP contribution is -2.37. The summed E-state index contributed by atoms with van der Waals surface area (Å²) in [6, 6.07) is 11.4. The maximum absolute atomic E-state index is 12.8. The highest BCUT2D eigenvalue weighted by molar-refractivity contribution is 5.74. The zero-order chi connectivity index (χ0) is 19.6. The molecule has 1 unspecified atom stereocenters. The third-order valence-corrected chi connectivity index (χ3v) is 4.14. The number of aryl methyl sites for hydroxylation is 1. The average molecular weight is 374 g/mol. The van der Waals surface area contributed by atoms with Gasteiger partial charge in [0.05, 0.1) is 19.8 Å². The van der Waals surface area contributed by atoms with Gasteiger partial charge >= 0.3 is 6.03 Å². The summed E-state index contributed by atoms with van der Waals surface area (Å²) in [4.78, 5) is 12.1. The number of halogens is 1. The molecular weight excluding hydrogens is 347 g/mol. The Kier molecular flexibility index (Phi) is 7.92. The normalized spacial score (nSPS) is 11.6. The topological polar surface area (TPSA) is 59.6 Å². The predicted molar refractivity (Wildman–Crippen MR) is 104 cm³/mol. The van der Waals surface area contributed by atoms with Crippen LogP contribution in [-0.4, -0.2) is 26.3 Å². The van der Waals surface area contributed by atoms with Crippen molar-refractivity contribution in [3.8, 4) is 11.5 Å². The number of methoxy groups -OCH3 is 1. The number of ether oxygens (including phenoxy) is 2. The highest BCUT2D eigenvalue weighted by atomic mass is 19.1. The van der Waals surface area contributed by atoms with E-state index in [1.807, 2.05) is 32.0 Å². The van der Waals surface area contributed by atoms with Crippen molar-refractivity contribution in [3.63, 3.8) is 0 Å². The number of carbonyl (C=O) groups excluding carboxylic acids is 1. The molecule has 1 atom stereocenters. The number of hydrogen-bond donors (Lipinski definition) is 2. The molecule has 5 nitrogen and oxygen atoms in total. The molecule has 2 N–H and O–H groups in total. The van der Waals surface area contributed by atoms with Crippen molar-refractivity contribution in [1.29, 1.82) is 0 Å². The van der Waals surface area contributed by atoms with Crippen molar-refractivity contribution >= 4 is 6.03 Å². The highest BCUT2D eigenvalue weighted by Gasteiger charge is 2.14. The molecule has 0 saturated heterocycles. The van der Waals surface area contributed by atoms with Gasteiger partial charge in [-0.1, -0.05) is 17.7 Å². The van der Waals surface area contributed by atoms with E-state index < -0.39 is 0 Å². The number of carbonyl (C=O) groups is 1. The third-order valence-electron chi connectivity index (χ3n) is 4.14. The molecule has 0 aliphatic heterocycles. The summed E-state index contributed by atoms with van der Waals surface area (Å²) < 4.78 is 23.7. The van der Waals surface area contributed by atoms with Crippen LogP contribution in [0.15, 0.2) is 42.5 Å². The second-order valence-electron chi connectivity index (χ2n) is 6.38. The Labute approximate surface area is 159 Å². The number of benzene rings is 2. The number of unbranched alkanes of at least 4 members (excludes halogenated alkanes) is 1. The van der Waals surface area contributed by atoms with Gasteiger partial charge in [-0.15, -0.1) is 0 Å². The molecule has 0 aromatic heterocycles. The van der Waals surface area contributed by atoms with Gasteiger partial charge in [-0.2, -0.15) is 0 Å². The van der Waals surface area contributed by atoms with E-state index in [0.717, 1.165) is 29.7 Å². The molecular formula is C21H27FN2O3. The second kappa shape index (κ2) is 10.4. The lowest BCUT2D eigenvalue weighted by Gasteiger charge is -2.18. The van der Waals surface area contributed by atoms with E-state index >= 15 is 0 Å². The lowest BCUT2D eigenvalue weighted by atomic mass is 10.0. The van der Waals surface area contributed by atoms with E-state index in [2.05, 4.69) is 10.6 Å². The molecule has 27 heavy (non-hydrogen) atoms. The molecule has 0 radical (unpaired) electrons. The largest absolute Gasteiger partial charge is 0.496 e. The van der Waals surface area contributed by atoms with Gasteiger partial charge in [-0.05, 0) is 57.0 Å². The van der Waals surface area contributed by atoms with Gasteiger partial charge in [0.2, 0.25) is 0 Å². The first-order chi connectivity index (χ1) is 13.0. The zero-order valence-corrected chi connectivity index (χ0v) is 16.0. The van der Waals surface area contributed by atoms with Crippen molar-refractivity contribution in [2.75, 3.05) is 20.3 Å². The van der Waals surface area contributed by atoms with Gasteiger partial charge in [0, 0.05) is 12.1 Å². The zero-order valence-electron chi connectivity index (χ0n) is 16.0. The predicted octanol–water partition coefficient (Wildman–Crippen LogP) is 4.36. The van der Waals surface area contributed by atoms with Gasteiger partial charge in [0.15, 0.2) is 0 Å². The molecule has 146 valence electrons. The molecule has 6 heteroatoms. The van der Waals surface area contributed by atoms with Crippen LogP contribution < -0.4 is 20.1 Å². The standard InChI is InChI=1S/C21H27FN2O3/c1-15-6-11-20(26-3)19(14-15)16(2)24-21(25)23-12-4-5-13-27-18-9-7-17(22)8-10-18/h6-11,14,16H,4-5,12-13H2,1-3H3,(H2,23,24,25). The highest BCUT2D eigenvalue weighted by Crippen LogP contribution is 2.25. The molecule has 0 fully saturated rings. The first kappa shape index (κ1) is 20.6. The number of amides is 2. The van der Waals surface area contributed by atoms with Gasteiger partial charge in [-0.25, -0.2) is 9.18 Å². The van der Waals surface area contributed by atoms with E-state index in [1.165, 1.54) is 12.1 Å². The van der Waals surface area contributed by atoms with Gasteiger partial charge < -0.3 is 20.1 Å². The molecule has 0 saturated carbocycles.